The second-order valence-corrected chi connectivity index (χ2v) is 3.99. The Balaban J connectivity index is 2.10. The van der Waals surface area contributed by atoms with Crippen molar-refractivity contribution in [3.8, 4) is 0 Å². The molecule has 0 aromatic heterocycles. The van der Waals surface area contributed by atoms with E-state index in [-0.39, 0.29) is 5.82 Å². The number of halogens is 1. The zero-order valence-corrected chi connectivity index (χ0v) is 7.44. The molecule has 1 aliphatic carbocycles. The van der Waals surface area contributed by atoms with E-state index in [9.17, 15) is 4.39 Å². The molecule has 1 aliphatic heterocycles. The molecule has 0 radical (unpaired) electrons. The van der Waals surface area contributed by atoms with Gasteiger partial charge < -0.3 is 5.32 Å². The third kappa shape index (κ3) is 1.12. The summed E-state index contributed by atoms with van der Waals surface area (Å²) in [6.07, 6.45) is 3.46. The van der Waals surface area contributed by atoms with Crippen LogP contribution >= 0.6 is 0 Å². The molecule has 0 bridgehead atoms. The molecule has 1 saturated carbocycles. The number of hydrogen-bond donors (Lipinski definition) is 1. The maximum absolute atomic E-state index is 13.5. The molecule has 13 heavy (non-hydrogen) atoms. The highest BCUT2D eigenvalue weighted by atomic mass is 19.1. The van der Waals surface area contributed by atoms with Gasteiger partial charge in [0.2, 0.25) is 0 Å². The second kappa shape index (κ2) is 2.47. The molecule has 0 unspecified atom stereocenters. The Morgan fingerprint density at radius 2 is 2.15 bits per heavy atom. The van der Waals surface area contributed by atoms with Gasteiger partial charge in [-0.05, 0) is 42.4 Å². The van der Waals surface area contributed by atoms with Gasteiger partial charge in [0.15, 0.2) is 0 Å². The molecule has 1 aromatic carbocycles. The molecule has 0 saturated heterocycles. The monoisotopic (exact) mass is 177 g/mol. The lowest BCUT2D eigenvalue weighted by Gasteiger charge is -2.04. The van der Waals surface area contributed by atoms with E-state index in [1.807, 2.05) is 0 Å². The average molecular weight is 177 g/mol. The summed E-state index contributed by atoms with van der Waals surface area (Å²) in [5.74, 6) is 0.595. The summed E-state index contributed by atoms with van der Waals surface area (Å²) in [7, 11) is 0. The van der Waals surface area contributed by atoms with Crippen molar-refractivity contribution in [1.82, 2.24) is 0 Å². The molecule has 1 heterocycles. The van der Waals surface area contributed by atoms with E-state index in [1.165, 1.54) is 24.0 Å². The molecule has 0 atom stereocenters. The molecule has 68 valence electrons. The second-order valence-electron chi connectivity index (χ2n) is 3.99. The van der Waals surface area contributed by atoms with Gasteiger partial charge in [0.05, 0.1) is 5.69 Å². The lowest BCUT2D eigenvalue weighted by molar-refractivity contribution is 0.629. The zero-order chi connectivity index (χ0) is 8.84. The summed E-state index contributed by atoms with van der Waals surface area (Å²) in [5.41, 5.74) is 3.12. The Bertz CT molecular complexity index is 355. The van der Waals surface area contributed by atoms with Gasteiger partial charge in [-0.3, -0.25) is 0 Å². The molecule has 1 aromatic rings. The van der Waals surface area contributed by atoms with Crippen LogP contribution in [0.1, 0.15) is 29.9 Å². The van der Waals surface area contributed by atoms with E-state index in [4.69, 9.17) is 0 Å². The van der Waals surface area contributed by atoms with Crippen LogP contribution in [-0.2, 0) is 6.42 Å². The standard InChI is InChI=1S/C11H12FN/c12-10-6-9(7-1-2-7)5-8-3-4-13-11(8)10/h5-7,13H,1-4H2. The Hall–Kier alpha value is -1.05. The van der Waals surface area contributed by atoms with Gasteiger partial charge in [-0.2, -0.15) is 0 Å². The first kappa shape index (κ1) is 7.36. The summed E-state index contributed by atoms with van der Waals surface area (Å²) in [4.78, 5) is 0. The van der Waals surface area contributed by atoms with Gasteiger partial charge in [0, 0.05) is 6.54 Å². The highest BCUT2D eigenvalue weighted by Gasteiger charge is 2.26. The van der Waals surface area contributed by atoms with Crippen molar-refractivity contribution in [1.29, 1.82) is 0 Å². The minimum Gasteiger partial charge on any atom is -0.382 e. The number of hydrogen-bond acceptors (Lipinski definition) is 1. The highest BCUT2D eigenvalue weighted by molar-refractivity contribution is 5.58. The molecular formula is C11H12FN. The van der Waals surface area contributed by atoms with Gasteiger partial charge in [-0.1, -0.05) is 6.07 Å². The first-order chi connectivity index (χ1) is 6.34. The molecule has 0 spiro atoms. The Kier molecular flexibility index (Phi) is 1.40. The smallest absolute Gasteiger partial charge is 0.146 e. The topological polar surface area (TPSA) is 12.0 Å². The SMILES string of the molecule is Fc1cc(C2CC2)cc2c1NCC2. The summed E-state index contributed by atoms with van der Waals surface area (Å²) in [6, 6.07) is 3.88. The quantitative estimate of drug-likeness (QED) is 0.695. The minimum absolute atomic E-state index is 0.0584. The van der Waals surface area contributed by atoms with Crippen LogP contribution in [0.3, 0.4) is 0 Å². The van der Waals surface area contributed by atoms with Crippen LogP contribution in [0, 0.1) is 5.82 Å². The van der Waals surface area contributed by atoms with Crippen molar-refractivity contribution in [2.24, 2.45) is 0 Å². The van der Waals surface area contributed by atoms with Crippen LogP contribution in [0.5, 0.6) is 0 Å². The van der Waals surface area contributed by atoms with E-state index in [0.717, 1.165) is 18.7 Å². The maximum atomic E-state index is 13.5. The molecule has 1 fully saturated rings. The van der Waals surface area contributed by atoms with Gasteiger partial charge in [-0.15, -0.1) is 0 Å². The number of anilines is 1. The first-order valence-corrected chi connectivity index (χ1v) is 4.91. The number of benzene rings is 1. The molecular weight excluding hydrogens is 165 g/mol. The largest absolute Gasteiger partial charge is 0.382 e. The molecule has 2 aliphatic rings. The van der Waals surface area contributed by atoms with Crippen LogP contribution in [0.15, 0.2) is 12.1 Å². The number of rotatable bonds is 1. The van der Waals surface area contributed by atoms with Gasteiger partial charge in [0.25, 0.3) is 0 Å². The van der Waals surface area contributed by atoms with Gasteiger partial charge in [-0.25, -0.2) is 4.39 Å². The molecule has 2 heteroatoms. The van der Waals surface area contributed by atoms with E-state index in [1.54, 1.807) is 6.07 Å². The van der Waals surface area contributed by atoms with Crippen LogP contribution in [0.2, 0.25) is 0 Å². The Labute approximate surface area is 77.0 Å². The Morgan fingerprint density at radius 1 is 1.31 bits per heavy atom. The van der Waals surface area contributed by atoms with Crippen molar-refractivity contribution >= 4 is 5.69 Å². The van der Waals surface area contributed by atoms with Gasteiger partial charge in [0.1, 0.15) is 5.82 Å². The van der Waals surface area contributed by atoms with E-state index >= 15 is 0 Å². The lowest BCUT2D eigenvalue weighted by Crippen LogP contribution is -1.94. The normalized spacial score (nSPS) is 19.8. The summed E-state index contributed by atoms with van der Waals surface area (Å²) >= 11 is 0. The maximum Gasteiger partial charge on any atom is 0.146 e. The van der Waals surface area contributed by atoms with Crippen LogP contribution < -0.4 is 5.32 Å². The lowest BCUT2D eigenvalue weighted by atomic mass is 10.0. The summed E-state index contributed by atoms with van der Waals surface area (Å²) in [6.45, 7) is 0.889. The fraction of sp³-hybridized carbons (Fsp3) is 0.455. The van der Waals surface area contributed by atoms with Crippen molar-refractivity contribution in [3.63, 3.8) is 0 Å². The van der Waals surface area contributed by atoms with Crippen molar-refractivity contribution < 1.29 is 4.39 Å². The van der Waals surface area contributed by atoms with Crippen molar-refractivity contribution in [2.75, 3.05) is 11.9 Å². The zero-order valence-electron chi connectivity index (χ0n) is 7.44. The molecule has 1 nitrogen and oxygen atoms in total. The third-order valence-corrected chi connectivity index (χ3v) is 2.94. The van der Waals surface area contributed by atoms with Crippen molar-refractivity contribution in [3.05, 3.63) is 29.1 Å². The highest BCUT2D eigenvalue weighted by Crippen LogP contribution is 2.42. The average Bonchev–Trinajstić information content (AvgIpc) is 2.85. The fourth-order valence-corrected chi connectivity index (χ4v) is 2.06. The van der Waals surface area contributed by atoms with Crippen LogP contribution in [0.4, 0.5) is 10.1 Å². The van der Waals surface area contributed by atoms with E-state index < -0.39 is 0 Å². The summed E-state index contributed by atoms with van der Waals surface area (Å²) < 4.78 is 13.5. The van der Waals surface area contributed by atoms with E-state index in [2.05, 4.69) is 11.4 Å². The fourth-order valence-electron chi connectivity index (χ4n) is 2.06. The van der Waals surface area contributed by atoms with Crippen molar-refractivity contribution in [2.45, 2.75) is 25.2 Å². The molecule has 1 N–H and O–H groups in total. The van der Waals surface area contributed by atoms with Crippen LogP contribution in [0.25, 0.3) is 0 Å². The predicted octanol–water partition coefficient (Wildman–Crippen LogP) is 2.67. The number of fused-ring (bicyclic) bond motifs is 1. The van der Waals surface area contributed by atoms with Crippen LogP contribution in [-0.4, -0.2) is 6.54 Å². The number of nitrogens with one attached hydrogen (secondary N) is 1. The predicted molar refractivity (Wildman–Crippen MR) is 50.6 cm³/mol. The minimum atomic E-state index is -0.0584. The van der Waals surface area contributed by atoms with Gasteiger partial charge >= 0.3 is 0 Å². The van der Waals surface area contributed by atoms with E-state index in [0.29, 0.717) is 5.92 Å². The summed E-state index contributed by atoms with van der Waals surface area (Å²) in [5, 5.41) is 3.08. The first-order valence-electron chi connectivity index (χ1n) is 4.91. The molecule has 3 rings (SSSR count). The Morgan fingerprint density at radius 3 is 2.92 bits per heavy atom. The third-order valence-electron chi connectivity index (χ3n) is 2.94. The molecule has 0 amide bonds.